The van der Waals surface area contributed by atoms with Gasteiger partial charge in [0.25, 0.3) is 0 Å². The topological polar surface area (TPSA) is 105 Å². The fourth-order valence-corrected chi connectivity index (χ4v) is 4.04. The maximum Gasteiger partial charge on any atom is 0.230 e. The van der Waals surface area contributed by atoms with Crippen LogP contribution in [0, 0.1) is 0 Å². The van der Waals surface area contributed by atoms with Crippen LogP contribution in [0.25, 0.3) is 5.69 Å². The van der Waals surface area contributed by atoms with Crippen molar-refractivity contribution in [3.05, 3.63) is 60.2 Å². The highest BCUT2D eigenvalue weighted by atomic mass is 32.2. The zero-order valence-corrected chi connectivity index (χ0v) is 17.7. The third kappa shape index (κ3) is 6.03. The van der Waals surface area contributed by atoms with Crippen LogP contribution in [0.1, 0.15) is 5.56 Å². The molecular weight excluding hydrogens is 416 g/mol. The van der Waals surface area contributed by atoms with Gasteiger partial charge in [0.05, 0.1) is 24.2 Å². The average molecular weight is 441 g/mol. The van der Waals surface area contributed by atoms with Crippen LogP contribution < -0.4 is 5.32 Å². The Hall–Kier alpha value is -2.95. The van der Waals surface area contributed by atoms with Gasteiger partial charge >= 0.3 is 0 Å². The van der Waals surface area contributed by atoms with E-state index in [-0.39, 0.29) is 23.5 Å². The molecule has 1 saturated heterocycles. The lowest BCUT2D eigenvalue weighted by atomic mass is 10.2. The molecule has 0 aliphatic carbocycles. The lowest BCUT2D eigenvalue weighted by Crippen LogP contribution is -2.47. The summed E-state index contributed by atoms with van der Waals surface area (Å²) in [4.78, 5) is 14.7. The zero-order valence-electron chi connectivity index (χ0n) is 16.9. The van der Waals surface area contributed by atoms with Gasteiger partial charge < -0.3 is 15.2 Å². The van der Waals surface area contributed by atoms with Crippen LogP contribution in [-0.2, 0) is 16.1 Å². The Labute approximate surface area is 184 Å². The minimum atomic E-state index is -0.103. The number of aromatic hydroxyl groups is 1. The Morgan fingerprint density at radius 1 is 1.19 bits per heavy atom. The summed E-state index contributed by atoms with van der Waals surface area (Å²) in [6.07, 6.45) is -0.0336. The van der Waals surface area contributed by atoms with Crippen molar-refractivity contribution >= 4 is 17.7 Å². The number of benzene rings is 2. The molecule has 3 aromatic rings. The molecule has 9 nitrogen and oxygen atoms in total. The molecule has 1 aromatic heterocycles. The molecule has 1 aliphatic heterocycles. The highest BCUT2D eigenvalue weighted by molar-refractivity contribution is 7.99. The fourth-order valence-electron chi connectivity index (χ4n) is 3.32. The number of rotatable bonds is 8. The van der Waals surface area contributed by atoms with Crippen LogP contribution in [0.15, 0.2) is 59.8 Å². The molecule has 0 spiro atoms. The smallest absolute Gasteiger partial charge is 0.230 e. The van der Waals surface area contributed by atoms with E-state index in [1.165, 1.54) is 22.0 Å². The number of nitrogens with one attached hydrogen (secondary N) is 1. The predicted octanol–water partition coefficient (Wildman–Crippen LogP) is 1.48. The number of hydrogen-bond acceptors (Lipinski definition) is 8. The molecule has 2 aromatic carbocycles. The molecule has 4 rings (SSSR count). The third-order valence-electron chi connectivity index (χ3n) is 4.87. The number of amides is 1. The normalized spacial score (nSPS) is 16.8. The summed E-state index contributed by atoms with van der Waals surface area (Å²) in [6.45, 7) is 3.66. The monoisotopic (exact) mass is 440 g/mol. The quantitative estimate of drug-likeness (QED) is 0.508. The molecule has 1 atom stereocenters. The highest BCUT2D eigenvalue weighted by Crippen LogP contribution is 2.19. The van der Waals surface area contributed by atoms with Crippen molar-refractivity contribution < 1.29 is 14.6 Å². The number of phenolic OH excluding ortho intramolecular Hbond substituents is 1. The molecule has 1 aliphatic rings. The number of phenols is 1. The van der Waals surface area contributed by atoms with Gasteiger partial charge in [-0.3, -0.25) is 9.69 Å². The SMILES string of the molecule is O=C(CSc1nnnn1-c1ccc(O)cc1)NCC1CN(Cc2ccccc2)CCO1. The van der Waals surface area contributed by atoms with Crippen molar-refractivity contribution in [1.29, 1.82) is 0 Å². The molecule has 1 amide bonds. The predicted molar refractivity (Wildman–Crippen MR) is 116 cm³/mol. The van der Waals surface area contributed by atoms with Gasteiger partial charge in [-0.25, -0.2) is 0 Å². The molecule has 10 heteroatoms. The van der Waals surface area contributed by atoms with E-state index in [1.807, 2.05) is 18.2 Å². The number of thioether (sulfide) groups is 1. The van der Waals surface area contributed by atoms with Gasteiger partial charge in [0.2, 0.25) is 11.1 Å². The van der Waals surface area contributed by atoms with Crippen LogP contribution in [-0.4, -0.2) is 74.2 Å². The van der Waals surface area contributed by atoms with Crippen molar-refractivity contribution in [1.82, 2.24) is 30.4 Å². The fraction of sp³-hybridized carbons (Fsp3) is 0.333. The van der Waals surface area contributed by atoms with Crippen molar-refractivity contribution in [3.8, 4) is 11.4 Å². The van der Waals surface area contributed by atoms with E-state index in [1.54, 1.807) is 24.3 Å². The first-order valence-corrected chi connectivity index (χ1v) is 11.0. The zero-order chi connectivity index (χ0) is 21.5. The van der Waals surface area contributed by atoms with Crippen LogP contribution in [0.3, 0.4) is 0 Å². The Morgan fingerprint density at radius 3 is 2.81 bits per heavy atom. The molecule has 162 valence electrons. The molecule has 31 heavy (non-hydrogen) atoms. The van der Waals surface area contributed by atoms with Gasteiger partial charge in [-0.15, -0.1) is 5.10 Å². The van der Waals surface area contributed by atoms with E-state index in [0.29, 0.717) is 24.0 Å². The van der Waals surface area contributed by atoms with Crippen molar-refractivity contribution in [2.75, 3.05) is 32.0 Å². The number of carbonyl (C=O) groups excluding carboxylic acids is 1. The second-order valence-electron chi connectivity index (χ2n) is 7.20. The Bertz CT molecular complexity index is 982. The first-order valence-electron chi connectivity index (χ1n) is 10.0. The number of ether oxygens (including phenoxy) is 1. The Balaban J connectivity index is 1.23. The third-order valence-corrected chi connectivity index (χ3v) is 5.79. The van der Waals surface area contributed by atoms with E-state index in [9.17, 15) is 9.90 Å². The van der Waals surface area contributed by atoms with E-state index in [2.05, 4.69) is 37.9 Å². The van der Waals surface area contributed by atoms with Gasteiger partial charge in [0.1, 0.15) is 5.75 Å². The minimum Gasteiger partial charge on any atom is -0.508 e. The number of carbonyl (C=O) groups is 1. The molecule has 2 N–H and O–H groups in total. The maximum absolute atomic E-state index is 12.3. The van der Waals surface area contributed by atoms with Crippen LogP contribution >= 0.6 is 11.8 Å². The van der Waals surface area contributed by atoms with Crippen LogP contribution in [0.2, 0.25) is 0 Å². The lowest BCUT2D eigenvalue weighted by molar-refractivity contribution is -0.119. The van der Waals surface area contributed by atoms with Crippen LogP contribution in [0.4, 0.5) is 0 Å². The molecule has 0 bridgehead atoms. The number of tetrazole rings is 1. The van der Waals surface area contributed by atoms with Crippen molar-refractivity contribution in [2.45, 2.75) is 17.8 Å². The van der Waals surface area contributed by atoms with Gasteiger partial charge in [-0.1, -0.05) is 42.1 Å². The number of morpholine rings is 1. The van der Waals surface area contributed by atoms with Gasteiger partial charge in [-0.05, 0) is 40.3 Å². The van der Waals surface area contributed by atoms with E-state index in [0.717, 1.165) is 19.6 Å². The molecule has 0 radical (unpaired) electrons. The van der Waals surface area contributed by atoms with E-state index >= 15 is 0 Å². The summed E-state index contributed by atoms with van der Waals surface area (Å²) >= 11 is 1.25. The summed E-state index contributed by atoms with van der Waals surface area (Å²) in [7, 11) is 0. The summed E-state index contributed by atoms with van der Waals surface area (Å²) in [5, 5.41) is 24.5. The van der Waals surface area contributed by atoms with Crippen molar-refractivity contribution in [3.63, 3.8) is 0 Å². The van der Waals surface area contributed by atoms with Gasteiger partial charge in [-0.2, -0.15) is 4.68 Å². The molecular formula is C21H24N6O3S. The first-order chi connectivity index (χ1) is 15.2. The summed E-state index contributed by atoms with van der Waals surface area (Å²) in [6, 6.07) is 16.9. The molecule has 1 unspecified atom stereocenters. The largest absolute Gasteiger partial charge is 0.508 e. The molecule has 0 saturated carbocycles. The second kappa shape index (κ2) is 10.4. The standard InChI is InChI=1S/C21H24N6O3S/c28-18-8-6-17(7-9-18)27-21(23-24-25-27)31-15-20(29)22-12-19-14-26(10-11-30-19)13-16-4-2-1-3-5-16/h1-9,19,28H,10-15H2,(H,22,29). The summed E-state index contributed by atoms with van der Waals surface area (Å²) in [5.74, 6) is 0.255. The van der Waals surface area contributed by atoms with Gasteiger partial charge in [0, 0.05) is 26.2 Å². The van der Waals surface area contributed by atoms with Gasteiger partial charge in [0.15, 0.2) is 0 Å². The van der Waals surface area contributed by atoms with E-state index in [4.69, 9.17) is 4.74 Å². The highest BCUT2D eigenvalue weighted by Gasteiger charge is 2.21. The number of hydrogen-bond donors (Lipinski definition) is 2. The molecule has 2 heterocycles. The summed E-state index contributed by atoms with van der Waals surface area (Å²) < 4.78 is 7.34. The lowest BCUT2D eigenvalue weighted by Gasteiger charge is -2.33. The maximum atomic E-state index is 12.3. The second-order valence-corrected chi connectivity index (χ2v) is 8.14. The number of aromatic nitrogens is 4. The first kappa shape index (κ1) is 21.3. The summed E-state index contributed by atoms with van der Waals surface area (Å²) in [5.41, 5.74) is 1.98. The number of nitrogens with zero attached hydrogens (tertiary/aromatic N) is 5. The Morgan fingerprint density at radius 2 is 2.00 bits per heavy atom. The molecule has 1 fully saturated rings. The Kier molecular flexibility index (Phi) is 7.13. The minimum absolute atomic E-state index is 0.0336. The average Bonchev–Trinajstić information content (AvgIpc) is 3.26. The van der Waals surface area contributed by atoms with E-state index < -0.39 is 0 Å². The van der Waals surface area contributed by atoms with Crippen molar-refractivity contribution in [2.24, 2.45) is 0 Å². The van der Waals surface area contributed by atoms with Crippen LogP contribution in [0.5, 0.6) is 5.75 Å².